The molecular formula is C24H26N2O4S. The maximum atomic E-state index is 12.6. The van der Waals surface area contributed by atoms with Crippen molar-refractivity contribution in [3.8, 4) is 28.5 Å². The van der Waals surface area contributed by atoms with Gasteiger partial charge in [0, 0.05) is 17.5 Å². The van der Waals surface area contributed by atoms with E-state index in [0.29, 0.717) is 19.6 Å². The monoisotopic (exact) mass is 438 g/mol. The molecule has 0 unspecified atom stereocenters. The molecule has 0 aliphatic carbocycles. The summed E-state index contributed by atoms with van der Waals surface area (Å²) in [4.78, 5) is 19.1. The number of hydrogen-bond acceptors (Lipinski definition) is 6. The van der Waals surface area contributed by atoms with E-state index in [1.807, 2.05) is 42.5 Å². The SMILES string of the molecule is CCCc1nc(-c2ccc3c(c2)N(CCCOc2ccc(OC)cc2)C(=O)CO3)cs1. The van der Waals surface area contributed by atoms with Crippen LogP contribution in [0.5, 0.6) is 17.2 Å². The number of anilines is 1. The minimum absolute atomic E-state index is 0.0425. The molecule has 162 valence electrons. The Morgan fingerprint density at radius 1 is 1.16 bits per heavy atom. The van der Waals surface area contributed by atoms with E-state index in [2.05, 4.69) is 12.3 Å². The number of nitrogens with zero attached hydrogens (tertiary/aromatic N) is 2. The summed E-state index contributed by atoms with van der Waals surface area (Å²) in [5, 5.41) is 3.21. The van der Waals surface area contributed by atoms with Crippen molar-refractivity contribution in [3.63, 3.8) is 0 Å². The van der Waals surface area contributed by atoms with Gasteiger partial charge in [-0.1, -0.05) is 6.92 Å². The second-order valence-electron chi connectivity index (χ2n) is 7.27. The standard InChI is InChI=1S/C24H26N2O4S/c1-3-5-23-25-20(16-31-23)17-6-11-22-21(14-17)26(24(27)15-30-22)12-4-13-29-19-9-7-18(28-2)8-10-19/h6-11,14,16H,3-5,12-13,15H2,1-2H3. The predicted octanol–water partition coefficient (Wildman–Crippen LogP) is 4.97. The molecule has 1 aliphatic rings. The van der Waals surface area contributed by atoms with Crippen LogP contribution in [0.25, 0.3) is 11.3 Å². The molecule has 0 atom stereocenters. The molecule has 3 aromatic rings. The third-order valence-electron chi connectivity index (χ3n) is 5.07. The van der Waals surface area contributed by atoms with Crippen molar-refractivity contribution >= 4 is 22.9 Å². The second-order valence-corrected chi connectivity index (χ2v) is 8.21. The fraction of sp³-hybridized carbons (Fsp3) is 0.333. The van der Waals surface area contributed by atoms with Crippen molar-refractivity contribution in [2.24, 2.45) is 0 Å². The predicted molar refractivity (Wildman–Crippen MR) is 122 cm³/mol. The first-order valence-electron chi connectivity index (χ1n) is 10.5. The van der Waals surface area contributed by atoms with Gasteiger partial charge in [-0.05, 0) is 61.7 Å². The van der Waals surface area contributed by atoms with E-state index >= 15 is 0 Å². The molecule has 1 aliphatic heterocycles. The topological polar surface area (TPSA) is 60.9 Å². The van der Waals surface area contributed by atoms with Crippen LogP contribution in [-0.2, 0) is 11.2 Å². The zero-order valence-electron chi connectivity index (χ0n) is 17.8. The number of fused-ring (bicyclic) bond motifs is 1. The second kappa shape index (κ2) is 9.83. The number of carbonyl (C=O) groups excluding carboxylic acids is 1. The van der Waals surface area contributed by atoms with E-state index in [1.165, 1.54) is 0 Å². The van der Waals surface area contributed by atoms with Crippen LogP contribution in [0, 0.1) is 0 Å². The van der Waals surface area contributed by atoms with Gasteiger partial charge >= 0.3 is 0 Å². The Balaban J connectivity index is 1.42. The molecule has 1 amide bonds. The first kappa shape index (κ1) is 21.2. The molecule has 0 radical (unpaired) electrons. The Bertz CT molecular complexity index is 1030. The number of thiazole rings is 1. The van der Waals surface area contributed by atoms with Crippen LogP contribution in [0.15, 0.2) is 47.8 Å². The summed E-state index contributed by atoms with van der Waals surface area (Å²) in [5.41, 5.74) is 2.73. The molecule has 0 fully saturated rings. The highest BCUT2D eigenvalue weighted by molar-refractivity contribution is 7.09. The quantitative estimate of drug-likeness (QED) is 0.442. The molecule has 0 N–H and O–H groups in total. The highest BCUT2D eigenvalue weighted by Crippen LogP contribution is 2.36. The number of methoxy groups -OCH3 is 1. The molecule has 6 nitrogen and oxygen atoms in total. The number of rotatable bonds is 9. The summed E-state index contributed by atoms with van der Waals surface area (Å²) in [6.45, 7) is 3.29. The Morgan fingerprint density at radius 3 is 2.74 bits per heavy atom. The fourth-order valence-corrected chi connectivity index (χ4v) is 4.37. The minimum atomic E-state index is -0.0425. The highest BCUT2D eigenvalue weighted by Gasteiger charge is 2.26. The van der Waals surface area contributed by atoms with E-state index in [4.69, 9.17) is 19.2 Å². The Kier molecular flexibility index (Phi) is 6.72. The largest absolute Gasteiger partial charge is 0.497 e. The van der Waals surface area contributed by atoms with Gasteiger partial charge in [-0.2, -0.15) is 0 Å². The zero-order valence-corrected chi connectivity index (χ0v) is 18.6. The van der Waals surface area contributed by atoms with Gasteiger partial charge in [0.2, 0.25) is 0 Å². The average Bonchev–Trinajstić information content (AvgIpc) is 3.27. The lowest BCUT2D eigenvalue weighted by Gasteiger charge is -2.29. The molecule has 7 heteroatoms. The van der Waals surface area contributed by atoms with E-state index in [1.54, 1.807) is 23.3 Å². The van der Waals surface area contributed by atoms with E-state index in [9.17, 15) is 4.79 Å². The number of ether oxygens (including phenoxy) is 3. The first-order valence-corrected chi connectivity index (χ1v) is 11.3. The Hall–Kier alpha value is -3.06. The van der Waals surface area contributed by atoms with Crippen molar-refractivity contribution in [2.75, 3.05) is 31.8 Å². The molecule has 0 spiro atoms. The molecule has 4 rings (SSSR count). The summed E-state index contributed by atoms with van der Waals surface area (Å²) in [5.74, 6) is 2.26. The van der Waals surface area contributed by atoms with Gasteiger partial charge in [0.15, 0.2) is 6.61 Å². The van der Waals surface area contributed by atoms with Crippen molar-refractivity contribution in [1.29, 1.82) is 0 Å². The third-order valence-corrected chi connectivity index (χ3v) is 5.98. The molecule has 2 heterocycles. The number of benzene rings is 2. The maximum Gasteiger partial charge on any atom is 0.265 e. The molecule has 0 saturated carbocycles. The molecular weight excluding hydrogens is 412 g/mol. The van der Waals surface area contributed by atoms with Crippen LogP contribution in [0.3, 0.4) is 0 Å². The maximum absolute atomic E-state index is 12.6. The lowest BCUT2D eigenvalue weighted by Crippen LogP contribution is -2.39. The van der Waals surface area contributed by atoms with E-state index < -0.39 is 0 Å². The molecule has 0 bridgehead atoms. The van der Waals surface area contributed by atoms with Crippen LogP contribution in [0.1, 0.15) is 24.8 Å². The number of aryl methyl sites for hydroxylation is 1. The molecule has 1 aromatic heterocycles. The molecule has 2 aromatic carbocycles. The Labute approximate surface area is 186 Å². The normalized spacial score (nSPS) is 13.0. The lowest BCUT2D eigenvalue weighted by molar-refractivity contribution is -0.121. The van der Waals surface area contributed by atoms with Crippen LogP contribution < -0.4 is 19.1 Å². The smallest absolute Gasteiger partial charge is 0.265 e. The van der Waals surface area contributed by atoms with Crippen molar-refractivity contribution in [2.45, 2.75) is 26.2 Å². The van der Waals surface area contributed by atoms with Gasteiger partial charge in [-0.25, -0.2) is 4.98 Å². The van der Waals surface area contributed by atoms with Gasteiger partial charge in [0.05, 0.1) is 30.1 Å². The van der Waals surface area contributed by atoms with E-state index in [-0.39, 0.29) is 12.5 Å². The van der Waals surface area contributed by atoms with Gasteiger partial charge in [-0.3, -0.25) is 4.79 Å². The van der Waals surface area contributed by atoms with Crippen LogP contribution >= 0.6 is 11.3 Å². The summed E-state index contributed by atoms with van der Waals surface area (Å²) < 4.78 is 16.6. The summed E-state index contributed by atoms with van der Waals surface area (Å²) in [6.07, 6.45) is 2.77. The highest BCUT2D eigenvalue weighted by atomic mass is 32.1. The summed E-state index contributed by atoms with van der Waals surface area (Å²) >= 11 is 1.68. The van der Waals surface area contributed by atoms with Crippen LogP contribution in [-0.4, -0.2) is 37.8 Å². The lowest BCUT2D eigenvalue weighted by atomic mass is 10.1. The first-order chi connectivity index (χ1) is 15.2. The van der Waals surface area contributed by atoms with Gasteiger partial charge in [0.1, 0.15) is 17.2 Å². The number of aromatic nitrogens is 1. The molecule has 0 saturated heterocycles. The minimum Gasteiger partial charge on any atom is -0.497 e. The zero-order chi connectivity index (χ0) is 21.6. The van der Waals surface area contributed by atoms with Crippen molar-refractivity contribution in [1.82, 2.24) is 4.98 Å². The molecule has 31 heavy (non-hydrogen) atoms. The van der Waals surface area contributed by atoms with Crippen LogP contribution in [0.4, 0.5) is 5.69 Å². The fourth-order valence-electron chi connectivity index (χ4n) is 3.46. The van der Waals surface area contributed by atoms with Crippen LogP contribution in [0.2, 0.25) is 0 Å². The number of carbonyl (C=O) groups is 1. The third kappa shape index (κ3) is 4.99. The number of hydrogen-bond donors (Lipinski definition) is 0. The van der Waals surface area contributed by atoms with Gasteiger partial charge in [0.25, 0.3) is 5.91 Å². The number of amides is 1. The summed E-state index contributed by atoms with van der Waals surface area (Å²) in [7, 11) is 1.64. The summed E-state index contributed by atoms with van der Waals surface area (Å²) in [6, 6.07) is 13.4. The average molecular weight is 439 g/mol. The Morgan fingerprint density at radius 2 is 1.97 bits per heavy atom. The van der Waals surface area contributed by atoms with E-state index in [0.717, 1.165) is 52.0 Å². The van der Waals surface area contributed by atoms with Crippen molar-refractivity contribution in [3.05, 3.63) is 52.9 Å². The van der Waals surface area contributed by atoms with Gasteiger partial charge < -0.3 is 19.1 Å². The van der Waals surface area contributed by atoms with Crippen molar-refractivity contribution < 1.29 is 19.0 Å². The van der Waals surface area contributed by atoms with Gasteiger partial charge in [-0.15, -0.1) is 11.3 Å².